The molecule has 3 aromatic rings. The number of rotatable bonds is 10. The molecule has 0 aliphatic carbocycles. The predicted molar refractivity (Wildman–Crippen MR) is 154 cm³/mol. The van der Waals surface area contributed by atoms with Gasteiger partial charge in [0.1, 0.15) is 28.2 Å². The molecule has 1 saturated heterocycles. The molecule has 1 aliphatic rings. The number of fused-ring (bicyclic) bond motifs is 1. The molecule has 216 valence electrons. The van der Waals surface area contributed by atoms with Crippen LogP contribution in [0.3, 0.4) is 0 Å². The van der Waals surface area contributed by atoms with Gasteiger partial charge in [-0.2, -0.15) is 0 Å². The maximum Gasteiger partial charge on any atom is 0.311 e. The molecule has 2 aromatic carbocycles. The van der Waals surface area contributed by atoms with Gasteiger partial charge in [-0.3, -0.25) is 24.0 Å². The second-order valence-electron chi connectivity index (χ2n) is 9.26. The molecule has 0 bridgehead atoms. The van der Waals surface area contributed by atoms with Crippen LogP contribution < -0.4 is 24.4 Å². The van der Waals surface area contributed by atoms with Gasteiger partial charge in [-0.05, 0) is 37.5 Å². The predicted octanol–water partition coefficient (Wildman–Crippen LogP) is 5.86. The Morgan fingerprint density at radius 1 is 0.854 bits per heavy atom. The van der Waals surface area contributed by atoms with Crippen molar-refractivity contribution in [3.63, 3.8) is 0 Å². The Hall–Kier alpha value is -3.77. The summed E-state index contributed by atoms with van der Waals surface area (Å²) in [5.41, 5.74) is -0.193. The number of carbonyl (C=O) groups excluding carboxylic acids is 4. The van der Waals surface area contributed by atoms with Crippen LogP contribution in [0, 0.1) is 0 Å². The Morgan fingerprint density at radius 2 is 1.59 bits per heavy atom. The smallest absolute Gasteiger partial charge is 0.311 e. The van der Waals surface area contributed by atoms with Gasteiger partial charge in [0.15, 0.2) is 16.9 Å². The number of hydrogen-bond acceptors (Lipinski definition) is 12. The van der Waals surface area contributed by atoms with Crippen molar-refractivity contribution in [3.8, 4) is 34.3 Å². The number of benzene rings is 2. The molecule has 4 rings (SSSR count). The van der Waals surface area contributed by atoms with E-state index >= 15 is 0 Å². The first-order valence-corrected chi connectivity index (χ1v) is 15.3. The van der Waals surface area contributed by atoms with Crippen molar-refractivity contribution in [2.45, 2.75) is 58.1 Å². The Balaban J connectivity index is 1.64. The zero-order chi connectivity index (χ0) is 29.5. The molecule has 1 fully saturated rings. The van der Waals surface area contributed by atoms with E-state index in [1.807, 2.05) is 21.6 Å². The summed E-state index contributed by atoms with van der Waals surface area (Å²) in [5.74, 6) is -1.28. The highest BCUT2D eigenvalue weighted by Crippen LogP contribution is 2.40. The van der Waals surface area contributed by atoms with Gasteiger partial charge in [0.05, 0.1) is 0 Å². The Morgan fingerprint density at radius 3 is 2.27 bits per heavy atom. The van der Waals surface area contributed by atoms with E-state index in [2.05, 4.69) is 0 Å². The van der Waals surface area contributed by atoms with E-state index in [-0.39, 0.29) is 46.1 Å². The van der Waals surface area contributed by atoms with E-state index in [1.54, 1.807) is 0 Å². The third-order valence-corrected chi connectivity index (χ3v) is 8.88. The number of unbranched alkanes of at least 4 members (excludes halogenated alkanes) is 1. The molecular weight excluding hydrogens is 572 g/mol. The normalized spacial score (nSPS) is 14.5. The van der Waals surface area contributed by atoms with Gasteiger partial charge in [0.2, 0.25) is 0 Å². The number of ether oxygens (including phenoxy) is 4. The number of esters is 4. The number of carbonyl (C=O) groups is 4. The summed E-state index contributed by atoms with van der Waals surface area (Å²) in [7, 11) is 3.77. The Kier molecular flexibility index (Phi) is 10.1. The molecule has 1 aliphatic heterocycles. The second-order valence-corrected chi connectivity index (χ2v) is 12.0. The quantitative estimate of drug-likeness (QED) is 0.119. The lowest BCUT2D eigenvalue weighted by atomic mass is 10.1. The van der Waals surface area contributed by atoms with Gasteiger partial charge >= 0.3 is 23.9 Å². The lowest BCUT2D eigenvalue weighted by Gasteiger charge is -2.12. The molecule has 41 heavy (non-hydrogen) atoms. The van der Waals surface area contributed by atoms with Gasteiger partial charge in [-0.15, -0.1) is 0 Å². The molecule has 0 spiro atoms. The summed E-state index contributed by atoms with van der Waals surface area (Å²) in [6.07, 6.45) is 3.91. The van der Waals surface area contributed by atoms with Gasteiger partial charge in [0.25, 0.3) is 0 Å². The van der Waals surface area contributed by atoms with Crippen LogP contribution in [0.2, 0.25) is 0 Å². The molecule has 0 N–H and O–H groups in total. The van der Waals surface area contributed by atoms with Crippen LogP contribution in [0.25, 0.3) is 22.3 Å². The summed E-state index contributed by atoms with van der Waals surface area (Å²) in [6.45, 7) is 3.60. The number of hydrogen-bond donors (Lipinski definition) is 0. The largest absolute Gasteiger partial charge is 0.456 e. The molecule has 1 aromatic heterocycles. The average molecular weight is 601 g/mol. The fourth-order valence-corrected chi connectivity index (χ4v) is 7.22. The van der Waals surface area contributed by atoms with Crippen molar-refractivity contribution in [2.24, 2.45) is 0 Å². The zero-order valence-electron chi connectivity index (χ0n) is 22.7. The Bertz CT molecular complexity index is 1540. The van der Waals surface area contributed by atoms with Crippen LogP contribution in [0.15, 0.2) is 45.6 Å². The molecule has 0 amide bonds. The van der Waals surface area contributed by atoms with Crippen LogP contribution in [-0.2, 0) is 19.2 Å². The van der Waals surface area contributed by atoms with Crippen molar-refractivity contribution in [2.75, 3.05) is 5.75 Å². The minimum atomic E-state index is -0.649. The molecule has 10 nitrogen and oxygen atoms in total. The van der Waals surface area contributed by atoms with Crippen LogP contribution in [-0.4, -0.2) is 34.9 Å². The molecule has 2 heterocycles. The van der Waals surface area contributed by atoms with Crippen LogP contribution >= 0.6 is 21.6 Å². The first-order chi connectivity index (χ1) is 19.6. The van der Waals surface area contributed by atoms with E-state index in [0.717, 1.165) is 18.6 Å². The highest BCUT2D eigenvalue weighted by Gasteiger charge is 2.20. The lowest BCUT2D eigenvalue weighted by Crippen LogP contribution is -2.12. The van der Waals surface area contributed by atoms with Crippen LogP contribution in [0.1, 0.15) is 52.9 Å². The summed E-state index contributed by atoms with van der Waals surface area (Å²) >= 11 is 0. The molecule has 0 radical (unpaired) electrons. The van der Waals surface area contributed by atoms with E-state index in [9.17, 15) is 24.0 Å². The molecule has 12 heteroatoms. The monoisotopic (exact) mass is 600 g/mol. The average Bonchev–Trinajstić information content (AvgIpc) is 3.40. The topological polar surface area (TPSA) is 135 Å². The summed E-state index contributed by atoms with van der Waals surface area (Å²) in [5, 5.41) is 0.608. The van der Waals surface area contributed by atoms with E-state index in [1.165, 1.54) is 63.6 Å². The summed E-state index contributed by atoms with van der Waals surface area (Å²) < 4.78 is 27.0. The van der Waals surface area contributed by atoms with E-state index in [0.29, 0.717) is 17.2 Å². The third-order valence-electron chi connectivity index (χ3n) is 5.87. The van der Waals surface area contributed by atoms with Crippen molar-refractivity contribution in [1.82, 2.24) is 0 Å². The summed E-state index contributed by atoms with van der Waals surface area (Å²) in [6, 6.07) is 8.12. The minimum absolute atomic E-state index is 0.00269. The molecular formula is C29H28O10S2. The van der Waals surface area contributed by atoms with Gasteiger partial charge in [-0.25, -0.2) is 0 Å². The van der Waals surface area contributed by atoms with Gasteiger partial charge in [0, 0.05) is 62.0 Å². The molecule has 1 unspecified atom stereocenters. The standard InChI is InChI=1S/C29H28O10S2/c1-16(30)35-20-13-26-29(27(14-20)39-28(34)7-5-4-6-21-10-11-40-41-21)22(33)15-24(38-26)19-8-9-23(36-17(2)31)25(12-19)37-18(3)32/h8-9,12-15,21H,4-7,10-11H2,1-3H3. The van der Waals surface area contributed by atoms with Crippen LogP contribution in [0.4, 0.5) is 0 Å². The highest BCUT2D eigenvalue weighted by atomic mass is 33.1. The molecule has 1 atom stereocenters. The minimum Gasteiger partial charge on any atom is -0.456 e. The highest BCUT2D eigenvalue weighted by molar-refractivity contribution is 8.77. The van der Waals surface area contributed by atoms with Crippen molar-refractivity contribution in [3.05, 3.63) is 46.6 Å². The maximum absolute atomic E-state index is 13.3. The Labute approximate surface area is 243 Å². The second kappa shape index (κ2) is 13.7. The van der Waals surface area contributed by atoms with E-state index in [4.69, 9.17) is 23.4 Å². The fourth-order valence-electron chi connectivity index (χ4n) is 4.19. The van der Waals surface area contributed by atoms with Crippen LogP contribution in [0.5, 0.6) is 23.0 Å². The summed E-state index contributed by atoms with van der Waals surface area (Å²) in [4.78, 5) is 60.6. The van der Waals surface area contributed by atoms with Gasteiger partial charge in [-0.1, -0.05) is 28.0 Å². The first kappa shape index (κ1) is 30.2. The third kappa shape index (κ3) is 8.37. The van der Waals surface area contributed by atoms with E-state index < -0.39 is 29.3 Å². The van der Waals surface area contributed by atoms with Crippen molar-refractivity contribution in [1.29, 1.82) is 0 Å². The zero-order valence-corrected chi connectivity index (χ0v) is 24.3. The van der Waals surface area contributed by atoms with Crippen molar-refractivity contribution < 1.29 is 42.5 Å². The SMILES string of the molecule is CC(=O)Oc1cc(OC(=O)CCCCC2CCSS2)c2c(=O)cc(-c3ccc(OC(C)=O)c(OC(C)=O)c3)oc2c1. The first-order valence-electron chi connectivity index (χ1n) is 12.9. The van der Waals surface area contributed by atoms with Gasteiger partial charge < -0.3 is 23.4 Å². The fraction of sp³-hybridized carbons (Fsp3) is 0.345. The maximum atomic E-state index is 13.3. The van der Waals surface area contributed by atoms with Crippen molar-refractivity contribution >= 4 is 56.4 Å². The molecule has 0 saturated carbocycles. The lowest BCUT2D eigenvalue weighted by molar-refractivity contribution is -0.134.